The summed E-state index contributed by atoms with van der Waals surface area (Å²) < 4.78 is 10.8. The highest BCUT2D eigenvalue weighted by molar-refractivity contribution is 5.69. The molecule has 2 heterocycles. The van der Waals surface area contributed by atoms with E-state index < -0.39 is 18.7 Å². The number of benzene rings is 1. The van der Waals surface area contributed by atoms with Gasteiger partial charge in [-0.15, -0.1) is 0 Å². The maximum absolute atomic E-state index is 12.6. The number of carbonyl (C=O) groups is 2. The van der Waals surface area contributed by atoms with Crippen LogP contribution >= 0.6 is 0 Å². The second-order valence-corrected chi connectivity index (χ2v) is 6.50. The molecule has 28 heavy (non-hydrogen) atoms. The number of nitrogens with one attached hydrogen (secondary N) is 1. The van der Waals surface area contributed by atoms with Crippen molar-refractivity contribution in [2.45, 2.75) is 25.2 Å². The molecule has 1 aliphatic rings. The monoisotopic (exact) mass is 385 g/mol. The van der Waals surface area contributed by atoms with Crippen LogP contribution in [-0.2, 0) is 20.9 Å². The normalized spacial score (nSPS) is 18.6. The minimum Gasteiger partial charge on any atom is -0.480 e. The van der Waals surface area contributed by atoms with Gasteiger partial charge in [0.1, 0.15) is 19.0 Å². The molecule has 8 heteroatoms. The lowest BCUT2D eigenvalue weighted by Crippen LogP contribution is -2.40. The van der Waals surface area contributed by atoms with Crippen molar-refractivity contribution >= 4 is 17.9 Å². The number of aromatic nitrogens is 1. The van der Waals surface area contributed by atoms with Crippen LogP contribution in [0.2, 0.25) is 0 Å². The number of nitrogens with zero attached hydrogens (tertiary/aromatic N) is 2. The van der Waals surface area contributed by atoms with Crippen LogP contribution in [0.25, 0.3) is 0 Å². The van der Waals surface area contributed by atoms with Crippen LogP contribution in [0.15, 0.2) is 54.7 Å². The molecule has 1 fully saturated rings. The SMILES string of the molecule is O=C(O)COC1CC(CNc2ccccn2)N(C(=O)OCc2ccccc2)C1. The molecule has 0 spiro atoms. The third-order valence-corrected chi connectivity index (χ3v) is 4.44. The Labute approximate surface area is 163 Å². The second kappa shape index (κ2) is 9.70. The highest BCUT2D eigenvalue weighted by Gasteiger charge is 2.37. The first-order chi connectivity index (χ1) is 13.6. The Balaban J connectivity index is 1.59. The van der Waals surface area contributed by atoms with E-state index in [1.807, 2.05) is 48.5 Å². The van der Waals surface area contributed by atoms with Crippen LogP contribution in [-0.4, -0.2) is 58.9 Å². The van der Waals surface area contributed by atoms with Gasteiger partial charge in [0.15, 0.2) is 0 Å². The standard InChI is InChI=1S/C20H23N3O5/c24-19(25)14-27-17-10-16(11-22-18-8-4-5-9-21-18)23(12-17)20(26)28-13-15-6-2-1-3-7-15/h1-9,16-17H,10-14H2,(H,21,22)(H,24,25). The van der Waals surface area contributed by atoms with Crippen molar-refractivity contribution in [3.05, 3.63) is 60.3 Å². The van der Waals surface area contributed by atoms with Crippen molar-refractivity contribution in [2.75, 3.05) is 25.0 Å². The van der Waals surface area contributed by atoms with E-state index in [9.17, 15) is 9.59 Å². The maximum Gasteiger partial charge on any atom is 0.410 e. The lowest BCUT2D eigenvalue weighted by atomic mass is 10.2. The molecule has 0 bridgehead atoms. The van der Waals surface area contributed by atoms with Crippen LogP contribution < -0.4 is 5.32 Å². The molecule has 3 rings (SSSR count). The van der Waals surface area contributed by atoms with Crippen molar-refractivity contribution in [1.29, 1.82) is 0 Å². The number of carbonyl (C=O) groups excluding carboxylic acids is 1. The molecule has 2 unspecified atom stereocenters. The quantitative estimate of drug-likeness (QED) is 0.719. The third-order valence-electron chi connectivity index (χ3n) is 4.44. The first kappa shape index (κ1) is 19.6. The Bertz CT molecular complexity index is 772. The maximum atomic E-state index is 12.6. The number of hydrogen-bond donors (Lipinski definition) is 2. The molecule has 2 N–H and O–H groups in total. The summed E-state index contributed by atoms with van der Waals surface area (Å²) in [6.07, 6.45) is 1.41. The van der Waals surface area contributed by atoms with E-state index in [0.29, 0.717) is 18.8 Å². The number of rotatable bonds is 8. The first-order valence-electron chi connectivity index (χ1n) is 9.07. The molecular weight excluding hydrogens is 362 g/mol. The van der Waals surface area contributed by atoms with Gasteiger partial charge in [-0.25, -0.2) is 14.6 Å². The topological polar surface area (TPSA) is 101 Å². The summed E-state index contributed by atoms with van der Waals surface area (Å²) in [5.74, 6) is -0.330. The Hall–Kier alpha value is -3.13. The van der Waals surface area contributed by atoms with E-state index >= 15 is 0 Å². The summed E-state index contributed by atoms with van der Waals surface area (Å²) in [6, 6.07) is 14.8. The lowest BCUT2D eigenvalue weighted by molar-refractivity contribution is -0.144. The molecule has 0 saturated carbocycles. The van der Waals surface area contributed by atoms with Crippen LogP contribution in [0.1, 0.15) is 12.0 Å². The van der Waals surface area contributed by atoms with E-state index in [1.165, 1.54) is 0 Å². The highest BCUT2D eigenvalue weighted by atomic mass is 16.6. The van der Waals surface area contributed by atoms with Crippen LogP contribution in [0.4, 0.5) is 10.6 Å². The molecule has 148 valence electrons. The summed E-state index contributed by atoms with van der Waals surface area (Å²) in [6.45, 7) is 0.537. The summed E-state index contributed by atoms with van der Waals surface area (Å²) in [5, 5.41) is 12.0. The van der Waals surface area contributed by atoms with E-state index in [2.05, 4.69) is 10.3 Å². The fourth-order valence-electron chi connectivity index (χ4n) is 3.09. The molecular formula is C20H23N3O5. The Kier molecular flexibility index (Phi) is 6.80. The van der Waals surface area contributed by atoms with Gasteiger partial charge in [0.05, 0.1) is 18.7 Å². The molecule has 0 aliphatic carbocycles. The number of likely N-dealkylation sites (tertiary alicyclic amines) is 1. The average molecular weight is 385 g/mol. The zero-order chi connectivity index (χ0) is 19.8. The van der Waals surface area contributed by atoms with E-state index in [-0.39, 0.29) is 25.3 Å². The molecule has 1 aromatic carbocycles. The van der Waals surface area contributed by atoms with Crippen molar-refractivity contribution in [2.24, 2.45) is 0 Å². The summed E-state index contributed by atoms with van der Waals surface area (Å²) in [5.41, 5.74) is 0.900. The summed E-state index contributed by atoms with van der Waals surface area (Å²) >= 11 is 0. The fraction of sp³-hybridized carbons (Fsp3) is 0.350. The molecule has 2 aromatic rings. The number of hydrogen-bond acceptors (Lipinski definition) is 6. The Morgan fingerprint density at radius 1 is 1.18 bits per heavy atom. The number of anilines is 1. The van der Waals surface area contributed by atoms with E-state index in [0.717, 1.165) is 5.56 Å². The van der Waals surface area contributed by atoms with Crippen molar-refractivity contribution < 1.29 is 24.2 Å². The Morgan fingerprint density at radius 3 is 2.68 bits per heavy atom. The first-order valence-corrected chi connectivity index (χ1v) is 9.07. The largest absolute Gasteiger partial charge is 0.480 e. The minimum atomic E-state index is -1.03. The second-order valence-electron chi connectivity index (χ2n) is 6.50. The number of pyridine rings is 1. The Morgan fingerprint density at radius 2 is 1.96 bits per heavy atom. The highest BCUT2D eigenvalue weighted by Crippen LogP contribution is 2.22. The predicted octanol–water partition coefficient (Wildman–Crippen LogP) is 2.37. The van der Waals surface area contributed by atoms with Gasteiger partial charge in [-0.2, -0.15) is 0 Å². The molecule has 1 amide bonds. The third kappa shape index (κ3) is 5.68. The fourth-order valence-corrected chi connectivity index (χ4v) is 3.09. The van der Waals surface area contributed by atoms with E-state index in [4.69, 9.17) is 14.6 Å². The molecule has 2 atom stereocenters. The number of ether oxygens (including phenoxy) is 2. The lowest BCUT2D eigenvalue weighted by Gasteiger charge is -2.24. The van der Waals surface area contributed by atoms with Gasteiger partial charge >= 0.3 is 12.1 Å². The van der Waals surface area contributed by atoms with Gasteiger partial charge in [0.2, 0.25) is 0 Å². The van der Waals surface area contributed by atoms with Gasteiger partial charge in [-0.05, 0) is 24.1 Å². The van der Waals surface area contributed by atoms with Crippen LogP contribution in [0.3, 0.4) is 0 Å². The van der Waals surface area contributed by atoms with Gasteiger partial charge in [-0.1, -0.05) is 36.4 Å². The minimum absolute atomic E-state index is 0.178. The van der Waals surface area contributed by atoms with Gasteiger partial charge in [-0.3, -0.25) is 0 Å². The number of carboxylic acid groups (broad SMARTS) is 1. The van der Waals surface area contributed by atoms with E-state index in [1.54, 1.807) is 11.1 Å². The molecule has 1 aliphatic heterocycles. The predicted molar refractivity (Wildman–Crippen MR) is 102 cm³/mol. The molecule has 0 radical (unpaired) electrons. The summed E-state index contributed by atoms with van der Waals surface area (Å²) in [7, 11) is 0. The van der Waals surface area contributed by atoms with Gasteiger partial charge in [0, 0.05) is 12.7 Å². The molecule has 8 nitrogen and oxygen atoms in total. The van der Waals surface area contributed by atoms with Crippen LogP contribution in [0.5, 0.6) is 0 Å². The zero-order valence-electron chi connectivity index (χ0n) is 15.4. The van der Waals surface area contributed by atoms with Crippen LogP contribution in [0, 0.1) is 0 Å². The van der Waals surface area contributed by atoms with Gasteiger partial charge < -0.3 is 24.8 Å². The smallest absolute Gasteiger partial charge is 0.410 e. The zero-order valence-corrected chi connectivity index (χ0v) is 15.4. The molecule has 1 aromatic heterocycles. The van der Waals surface area contributed by atoms with Crippen molar-refractivity contribution in [3.63, 3.8) is 0 Å². The number of carboxylic acids is 1. The average Bonchev–Trinajstić information content (AvgIpc) is 3.14. The number of aliphatic carboxylic acids is 1. The number of amides is 1. The summed E-state index contributed by atoms with van der Waals surface area (Å²) in [4.78, 5) is 29.2. The van der Waals surface area contributed by atoms with Crippen molar-refractivity contribution in [1.82, 2.24) is 9.88 Å². The molecule has 1 saturated heterocycles. The van der Waals surface area contributed by atoms with Crippen molar-refractivity contribution in [3.8, 4) is 0 Å². The van der Waals surface area contributed by atoms with Gasteiger partial charge in [0.25, 0.3) is 0 Å².